The number of carboxylic acids is 1. The highest BCUT2D eigenvalue weighted by molar-refractivity contribution is 7.91. The Kier molecular flexibility index (Phi) is 5.76. The SMILES string of the molecule is CN(C)c1ccc(C(=O)Nc2cc3c(s2)S(=O)(=O)N(C(C(=O)O)c2ccccc2)C3)cc1. The van der Waals surface area contributed by atoms with Crippen LogP contribution >= 0.6 is 11.3 Å². The summed E-state index contributed by atoms with van der Waals surface area (Å²) in [7, 11) is -0.216. The van der Waals surface area contributed by atoms with Crippen molar-refractivity contribution in [3.8, 4) is 0 Å². The van der Waals surface area contributed by atoms with Gasteiger partial charge >= 0.3 is 5.97 Å². The third-order valence-corrected chi connectivity index (χ3v) is 8.62. The van der Waals surface area contributed by atoms with Crippen LogP contribution in [0.2, 0.25) is 0 Å². The monoisotopic (exact) mass is 471 g/mol. The number of rotatable bonds is 6. The number of thiophene rings is 1. The standard InChI is InChI=1S/C22H21N3O5S2/c1-24(2)17-10-8-15(9-11-17)20(26)23-18-12-16-13-25(32(29,30)22(16)31-18)19(21(27)28)14-6-4-3-5-7-14/h3-12,19H,13H2,1-2H3,(H,23,26)(H,27,28). The van der Waals surface area contributed by atoms with Gasteiger partial charge in [0, 0.05) is 37.5 Å². The van der Waals surface area contributed by atoms with Crippen LogP contribution in [0, 0.1) is 0 Å². The Morgan fingerprint density at radius 2 is 1.75 bits per heavy atom. The van der Waals surface area contributed by atoms with Gasteiger partial charge in [0.2, 0.25) is 0 Å². The van der Waals surface area contributed by atoms with Crippen molar-refractivity contribution in [2.24, 2.45) is 0 Å². The Balaban J connectivity index is 1.56. The highest BCUT2D eigenvalue weighted by atomic mass is 32.2. The number of sulfonamides is 1. The van der Waals surface area contributed by atoms with Crippen LogP contribution < -0.4 is 10.2 Å². The molecule has 2 N–H and O–H groups in total. The normalized spacial score (nSPS) is 15.7. The second-order valence-corrected chi connectivity index (χ2v) is 10.7. The average molecular weight is 472 g/mol. The lowest BCUT2D eigenvalue weighted by Crippen LogP contribution is -2.34. The predicted molar refractivity (Wildman–Crippen MR) is 123 cm³/mol. The van der Waals surface area contributed by atoms with E-state index in [-0.39, 0.29) is 16.7 Å². The molecule has 0 saturated heterocycles. The summed E-state index contributed by atoms with van der Waals surface area (Å²) >= 11 is 0.925. The number of carboxylic acid groups (broad SMARTS) is 1. The molecule has 166 valence electrons. The number of amides is 1. The number of fused-ring (bicyclic) bond motifs is 1. The molecule has 4 rings (SSSR count). The lowest BCUT2D eigenvalue weighted by atomic mass is 10.1. The first-order valence-corrected chi connectivity index (χ1v) is 11.9. The Morgan fingerprint density at radius 3 is 2.31 bits per heavy atom. The molecule has 10 heteroatoms. The fourth-order valence-corrected chi connectivity index (χ4v) is 6.80. The highest BCUT2D eigenvalue weighted by Gasteiger charge is 2.44. The van der Waals surface area contributed by atoms with Crippen LogP contribution in [-0.2, 0) is 21.4 Å². The summed E-state index contributed by atoms with van der Waals surface area (Å²) in [6.07, 6.45) is 0. The fraction of sp³-hybridized carbons (Fsp3) is 0.182. The van der Waals surface area contributed by atoms with E-state index >= 15 is 0 Å². The zero-order chi connectivity index (χ0) is 23.0. The number of carbonyl (C=O) groups is 2. The van der Waals surface area contributed by atoms with Crippen molar-refractivity contribution in [3.63, 3.8) is 0 Å². The first-order valence-electron chi connectivity index (χ1n) is 9.69. The van der Waals surface area contributed by atoms with E-state index in [2.05, 4.69) is 5.32 Å². The summed E-state index contributed by atoms with van der Waals surface area (Å²) in [5.41, 5.74) is 2.25. The maximum Gasteiger partial charge on any atom is 0.326 e. The van der Waals surface area contributed by atoms with Crippen LogP contribution in [-0.4, -0.2) is 43.8 Å². The van der Waals surface area contributed by atoms with E-state index in [4.69, 9.17) is 0 Å². The molecule has 1 aromatic heterocycles. The Morgan fingerprint density at radius 1 is 1.09 bits per heavy atom. The lowest BCUT2D eigenvalue weighted by Gasteiger charge is -2.23. The number of aliphatic carboxylic acids is 1. The molecule has 0 fully saturated rings. The molecule has 0 bridgehead atoms. The molecular formula is C22H21N3O5S2. The van der Waals surface area contributed by atoms with Gasteiger partial charge in [-0.15, -0.1) is 11.3 Å². The van der Waals surface area contributed by atoms with Gasteiger partial charge in [0.25, 0.3) is 15.9 Å². The second-order valence-electron chi connectivity index (χ2n) is 7.52. The largest absolute Gasteiger partial charge is 0.480 e. The fourth-order valence-electron chi connectivity index (χ4n) is 3.55. The van der Waals surface area contributed by atoms with Crippen molar-refractivity contribution in [1.82, 2.24) is 4.31 Å². The van der Waals surface area contributed by atoms with Crippen LogP contribution in [0.5, 0.6) is 0 Å². The maximum absolute atomic E-state index is 13.1. The van der Waals surface area contributed by atoms with E-state index in [0.29, 0.717) is 21.7 Å². The summed E-state index contributed by atoms with van der Waals surface area (Å²) in [6, 6.07) is 15.6. The van der Waals surface area contributed by atoms with Gasteiger partial charge in [-0.05, 0) is 35.9 Å². The van der Waals surface area contributed by atoms with Gasteiger partial charge < -0.3 is 15.3 Å². The van der Waals surface area contributed by atoms with Crippen LogP contribution in [0.25, 0.3) is 0 Å². The summed E-state index contributed by atoms with van der Waals surface area (Å²) < 4.78 is 27.3. The van der Waals surface area contributed by atoms with E-state index in [1.807, 2.05) is 31.1 Å². The van der Waals surface area contributed by atoms with Crippen molar-refractivity contribution in [2.75, 3.05) is 24.3 Å². The molecule has 3 aromatic rings. The number of hydrogen-bond acceptors (Lipinski definition) is 6. The molecular weight excluding hydrogens is 450 g/mol. The lowest BCUT2D eigenvalue weighted by molar-refractivity contribution is -0.141. The van der Waals surface area contributed by atoms with Gasteiger partial charge in [-0.2, -0.15) is 4.31 Å². The molecule has 1 atom stereocenters. The van der Waals surface area contributed by atoms with Crippen molar-refractivity contribution in [2.45, 2.75) is 16.8 Å². The summed E-state index contributed by atoms with van der Waals surface area (Å²) in [5.74, 6) is -1.60. The van der Waals surface area contributed by atoms with Gasteiger partial charge in [-0.25, -0.2) is 8.42 Å². The topological polar surface area (TPSA) is 107 Å². The van der Waals surface area contributed by atoms with Crippen molar-refractivity contribution in [3.05, 3.63) is 77.4 Å². The molecule has 1 unspecified atom stereocenters. The molecule has 32 heavy (non-hydrogen) atoms. The third kappa shape index (κ3) is 3.99. The van der Waals surface area contributed by atoms with Gasteiger partial charge in [-0.3, -0.25) is 9.59 Å². The van der Waals surface area contributed by atoms with E-state index in [1.165, 1.54) is 0 Å². The number of hydrogen-bond donors (Lipinski definition) is 2. The van der Waals surface area contributed by atoms with Gasteiger partial charge in [0.1, 0.15) is 10.3 Å². The van der Waals surface area contributed by atoms with E-state index in [1.54, 1.807) is 48.5 Å². The maximum atomic E-state index is 13.1. The quantitative estimate of drug-likeness (QED) is 0.571. The molecule has 1 aliphatic rings. The molecule has 0 spiro atoms. The minimum Gasteiger partial charge on any atom is -0.480 e. The minimum atomic E-state index is -4.02. The molecule has 1 aliphatic heterocycles. The van der Waals surface area contributed by atoms with E-state index < -0.39 is 22.0 Å². The van der Waals surface area contributed by atoms with Gasteiger partial charge in [-0.1, -0.05) is 30.3 Å². The average Bonchev–Trinajstić information content (AvgIpc) is 3.26. The smallest absolute Gasteiger partial charge is 0.326 e. The van der Waals surface area contributed by atoms with Crippen molar-refractivity contribution >= 4 is 43.9 Å². The number of nitrogens with one attached hydrogen (secondary N) is 1. The Labute approximate surface area is 189 Å². The number of benzene rings is 2. The third-order valence-electron chi connectivity index (χ3n) is 5.16. The van der Waals surface area contributed by atoms with Crippen molar-refractivity contribution in [1.29, 1.82) is 0 Å². The minimum absolute atomic E-state index is 0.0536. The summed E-state index contributed by atoms with van der Waals surface area (Å²) in [6.45, 7) is -0.0760. The molecule has 2 heterocycles. The van der Waals surface area contributed by atoms with Crippen molar-refractivity contribution < 1.29 is 23.1 Å². The first kappa shape index (κ1) is 22.0. The van der Waals surface area contributed by atoms with Crippen LogP contribution in [0.3, 0.4) is 0 Å². The van der Waals surface area contributed by atoms with Gasteiger partial charge in [0.15, 0.2) is 0 Å². The number of carbonyl (C=O) groups excluding carboxylic acids is 1. The molecule has 1 amide bonds. The Hall–Kier alpha value is -3.21. The van der Waals surface area contributed by atoms with Crippen LogP contribution in [0.4, 0.5) is 10.7 Å². The van der Waals surface area contributed by atoms with Crippen LogP contribution in [0.1, 0.15) is 27.5 Å². The first-order chi connectivity index (χ1) is 15.2. The summed E-state index contributed by atoms with van der Waals surface area (Å²) in [5, 5.41) is 12.9. The summed E-state index contributed by atoms with van der Waals surface area (Å²) in [4.78, 5) is 26.4. The molecule has 0 aliphatic carbocycles. The number of nitrogens with zero attached hydrogens (tertiary/aromatic N) is 2. The molecule has 8 nitrogen and oxygen atoms in total. The van der Waals surface area contributed by atoms with E-state index in [9.17, 15) is 23.1 Å². The second kappa shape index (κ2) is 8.38. The highest BCUT2D eigenvalue weighted by Crippen LogP contribution is 2.43. The van der Waals surface area contributed by atoms with Gasteiger partial charge in [0.05, 0.1) is 5.00 Å². The molecule has 0 saturated carbocycles. The zero-order valence-corrected chi connectivity index (χ0v) is 19.0. The van der Waals surface area contributed by atoms with Crippen LogP contribution in [0.15, 0.2) is 64.9 Å². The zero-order valence-electron chi connectivity index (χ0n) is 17.3. The van der Waals surface area contributed by atoms with E-state index in [0.717, 1.165) is 21.3 Å². The Bertz CT molecular complexity index is 1270. The molecule has 0 radical (unpaired) electrons. The number of anilines is 2. The predicted octanol–water partition coefficient (Wildman–Crippen LogP) is 3.40. The molecule has 2 aromatic carbocycles.